The van der Waals surface area contributed by atoms with E-state index in [1.165, 1.54) is 11.1 Å². The van der Waals surface area contributed by atoms with Crippen molar-refractivity contribution in [1.29, 1.82) is 0 Å². The molecule has 1 amide bonds. The van der Waals surface area contributed by atoms with Crippen LogP contribution in [0.2, 0.25) is 0 Å². The molecule has 0 aliphatic carbocycles. The highest BCUT2D eigenvalue weighted by atomic mass is 16.5. The van der Waals surface area contributed by atoms with E-state index in [0.717, 1.165) is 12.2 Å². The number of aliphatic hydroxyl groups is 1. The number of ether oxygens (including phenoxy) is 1. The van der Waals surface area contributed by atoms with Crippen LogP contribution in [0.5, 0.6) is 5.75 Å². The molecule has 1 saturated heterocycles. The highest BCUT2D eigenvalue weighted by Crippen LogP contribution is 2.43. The van der Waals surface area contributed by atoms with Crippen molar-refractivity contribution in [1.82, 2.24) is 19.6 Å². The molecule has 1 aromatic heterocycles. The van der Waals surface area contributed by atoms with Gasteiger partial charge in [-0.25, -0.2) is 4.68 Å². The predicted octanol–water partition coefficient (Wildman–Crippen LogP) is 3.56. The van der Waals surface area contributed by atoms with E-state index in [0.29, 0.717) is 35.5 Å². The molecule has 0 bridgehead atoms. The lowest BCUT2D eigenvalue weighted by atomic mass is 9.94. The Kier molecular flexibility index (Phi) is 7.02. The van der Waals surface area contributed by atoms with Crippen LogP contribution in [0.3, 0.4) is 0 Å². The number of likely N-dealkylation sites (tertiary alicyclic amines) is 1. The Balaban J connectivity index is 1.84. The molecule has 0 saturated carbocycles. The summed E-state index contributed by atoms with van der Waals surface area (Å²) in [7, 11) is 5.46. The molecule has 3 aromatic rings. The van der Waals surface area contributed by atoms with E-state index in [2.05, 4.69) is 5.10 Å². The maximum absolute atomic E-state index is 13.3. The van der Waals surface area contributed by atoms with Gasteiger partial charge in [-0.05, 0) is 52.2 Å². The summed E-state index contributed by atoms with van der Waals surface area (Å²) in [4.78, 5) is 30.0. The van der Waals surface area contributed by atoms with E-state index < -0.39 is 17.7 Å². The van der Waals surface area contributed by atoms with E-state index in [9.17, 15) is 14.7 Å². The molecule has 1 N–H and O–H groups in total. The normalized spacial score (nSPS) is 17.4. The molecule has 1 atom stereocenters. The van der Waals surface area contributed by atoms with Gasteiger partial charge in [0.1, 0.15) is 11.5 Å². The Morgan fingerprint density at radius 2 is 1.77 bits per heavy atom. The lowest BCUT2D eigenvalue weighted by molar-refractivity contribution is -0.140. The monoisotopic (exact) mass is 474 g/mol. The van der Waals surface area contributed by atoms with Gasteiger partial charge in [-0.15, -0.1) is 0 Å². The summed E-state index contributed by atoms with van der Waals surface area (Å²) in [5.41, 5.74) is 2.58. The number of hydrogen-bond acceptors (Lipinski definition) is 6. The van der Waals surface area contributed by atoms with E-state index in [4.69, 9.17) is 4.74 Å². The molecule has 8 heteroatoms. The van der Waals surface area contributed by atoms with Crippen molar-refractivity contribution in [2.45, 2.75) is 19.4 Å². The van der Waals surface area contributed by atoms with Gasteiger partial charge in [0.2, 0.25) is 0 Å². The molecule has 0 spiro atoms. The van der Waals surface area contributed by atoms with Gasteiger partial charge in [0.25, 0.3) is 11.7 Å². The fourth-order valence-corrected chi connectivity index (χ4v) is 4.50. The Hall–Kier alpha value is -3.91. The molecule has 1 aliphatic heterocycles. The largest absolute Gasteiger partial charge is 0.507 e. The maximum Gasteiger partial charge on any atom is 0.295 e. The fourth-order valence-electron chi connectivity index (χ4n) is 4.50. The van der Waals surface area contributed by atoms with E-state index in [1.54, 1.807) is 17.9 Å². The highest BCUT2D eigenvalue weighted by molar-refractivity contribution is 6.46. The van der Waals surface area contributed by atoms with Crippen molar-refractivity contribution in [2.24, 2.45) is 0 Å². The molecule has 1 unspecified atom stereocenters. The minimum atomic E-state index is -0.771. The summed E-state index contributed by atoms with van der Waals surface area (Å²) in [5, 5.41) is 15.9. The van der Waals surface area contributed by atoms with Gasteiger partial charge in [0.05, 0.1) is 41.9 Å². The molecule has 2 aromatic carbocycles. The molecular weight excluding hydrogens is 444 g/mol. The molecule has 4 rings (SSSR count). The number of ketones is 1. The van der Waals surface area contributed by atoms with E-state index >= 15 is 0 Å². The number of hydrogen-bond donors (Lipinski definition) is 1. The van der Waals surface area contributed by atoms with Crippen molar-refractivity contribution in [3.63, 3.8) is 0 Å². The van der Waals surface area contributed by atoms with Crippen LogP contribution in [0.25, 0.3) is 11.4 Å². The first-order valence-corrected chi connectivity index (χ1v) is 11.5. The topological polar surface area (TPSA) is 87.9 Å². The lowest BCUT2D eigenvalue weighted by Gasteiger charge is -2.27. The molecule has 8 nitrogen and oxygen atoms in total. The second-order valence-corrected chi connectivity index (χ2v) is 8.78. The summed E-state index contributed by atoms with van der Waals surface area (Å²) >= 11 is 0. The minimum absolute atomic E-state index is 0.0417. The second-order valence-electron chi connectivity index (χ2n) is 8.78. The minimum Gasteiger partial charge on any atom is -0.507 e. The van der Waals surface area contributed by atoms with Crippen LogP contribution in [-0.4, -0.2) is 70.7 Å². The first-order chi connectivity index (χ1) is 16.8. The van der Waals surface area contributed by atoms with Gasteiger partial charge in [-0.3, -0.25) is 9.59 Å². The Labute approximate surface area is 205 Å². The molecule has 2 heterocycles. The van der Waals surface area contributed by atoms with Gasteiger partial charge in [-0.2, -0.15) is 5.10 Å². The predicted molar refractivity (Wildman–Crippen MR) is 133 cm³/mol. The zero-order valence-electron chi connectivity index (χ0n) is 20.4. The Morgan fingerprint density at radius 3 is 2.46 bits per heavy atom. The van der Waals surface area contributed by atoms with Crippen LogP contribution < -0.4 is 4.74 Å². The number of Topliss-reactive ketones (excluding diaryl/α,β-unsaturated/α-hetero) is 1. The van der Waals surface area contributed by atoms with Crippen molar-refractivity contribution >= 4 is 17.4 Å². The highest BCUT2D eigenvalue weighted by Gasteiger charge is 2.47. The summed E-state index contributed by atoms with van der Waals surface area (Å²) < 4.78 is 7.26. The number of aliphatic hydroxyl groups excluding tert-OH is 1. The van der Waals surface area contributed by atoms with Crippen LogP contribution in [0.1, 0.15) is 29.3 Å². The molecule has 1 fully saturated rings. The molecule has 35 heavy (non-hydrogen) atoms. The lowest BCUT2D eigenvalue weighted by Crippen LogP contribution is -2.32. The smallest absolute Gasteiger partial charge is 0.295 e. The van der Waals surface area contributed by atoms with Crippen LogP contribution in [0, 0.1) is 6.92 Å². The van der Waals surface area contributed by atoms with Crippen LogP contribution in [0.15, 0.2) is 66.4 Å². The van der Waals surface area contributed by atoms with Crippen molar-refractivity contribution in [3.05, 3.63) is 83.2 Å². The van der Waals surface area contributed by atoms with Gasteiger partial charge in [-0.1, -0.05) is 36.4 Å². The third kappa shape index (κ3) is 4.57. The quantitative estimate of drug-likeness (QED) is 0.305. The number of amides is 1. The SMILES string of the molecule is COc1ccccc1C1/C(=C(\O)c2cnn(-c3ccccc3)c2C)C(=O)C(=O)N1CCCN(C)C. The zero-order valence-corrected chi connectivity index (χ0v) is 20.4. The molecule has 1 aliphatic rings. The number of carbonyl (C=O) groups is 2. The summed E-state index contributed by atoms with van der Waals surface area (Å²) in [5.74, 6) is -1.04. The first-order valence-electron chi connectivity index (χ1n) is 11.5. The van der Waals surface area contributed by atoms with Crippen LogP contribution in [0.4, 0.5) is 0 Å². The van der Waals surface area contributed by atoms with Gasteiger partial charge < -0.3 is 19.6 Å². The fraction of sp³-hybridized carbons (Fsp3) is 0.296. The standard InChI is InChI=1S/C27H30N4O4/c1-18-21(17-28-31(18)19-11-6-5-7-12-19)25(32)23-24(20-13-8-9-14-22(20)35-4)30(27(34)26(23)33)16-10-15-29(2)3/h5-9,11-14,17,24,32H,10,15-16H2,1-4H3/b25-23+. The molecular formula is C27H30N4O4. The summed E-state index contributed by atoms with van der Waals surface area (Å²) in [6.45, 7) is 2.94. The Bertz CT molecular complexity index is 1260. The average molecular weight is 475 g/mol. The van der Waals surface area contributed by atoms with Crippen molar-refractivity contribution < 1.29 is 19.4 Å². The van der Waals surface area contributed by atoms with Crippen LogP contribution >= 0.6 is 0 Å². The van der Waals surface area contributed by atoms with Gasteiger partial charge >= 0.3 is 0 Å². The average Bonchev–Trinajstić information content (AvgIpc) is 3.36. The maximum atomic E-state index is 13.3. The third-order valence-electron chi connectivity index (χ3n) is 6.24. The van der Waals surface area contributed by atoms with E-state index in [1.807, 2.05) is 74.4 Å². The number of benzene rings is 2. The first kappa shape index (κ1) is 24.2. The van der Waals surface area contributed by atoms with Gasteiger partial charge in [0, 0.05) is 12.1 Å². The summed E-state index contributed by atoms with van der Waals surface area (Å²) in [6.07, 6.45) is 2.20. The van der Waals surface area contributed by atoms with Gasteiger partial charge in [0.15, 0.2) is 0 Å². The number of carbonyl (C=O) groups excluding carboxylic acids is 2. The molecule has 0 radical (unpaired) electrons. The number of nitrogens with zero attached hydrogens (tertiary/aromatic N) is 4. The van der Waals surface area contributed by atoms with E-state index in [-0.39, 0.29) is 11.3 Å². The third-order valence-corrected chi connectivity index (χ3v) is 6.24. The summed E-state index contributed by atoms with van der Waals surface area (Å²) in [6, 6.07) is 16.0. The number of rotatable bonds is 8. The number of methoxy groups -OCH3 is 1. The van der Waals surface area contributed by atoms with Crippen molar-refractivity contribution in [2.75, 3.05) is 34.3 Å². The second kappa shape index (κ2) is 10.1. The number of para-hydroxylation sites is 2. The zero-order chi connectivity index (χ0) is 25.1. The molecule has 182 valence electrons. The van der Waals surface area contributed by atoms with Crippen LogP contribution in [-0.2, 0) is 9.59 Å². The number of aromatic nitrogens is 2. The Morgan fingerprint density at radius 1 is 1.09 bits per heavy atom. The van der Waals surface area contributed by atoms with Crippen molar-refractivity contribution in [3.8, 4) is 11.4 Å².